The molecule has 0 aromatic heterocycles. The molecular weight excluding hydrogens is 394 g/mol. The molecule has 2 unspecified atom stereocenters. The first kappa shape index (κ1) is 22.5. The molecule has 0 spiro atoms. The highest BCUT2D eigenvalue weighted by Crippen LogP contribution is 2.47. The van der Waals surface area contributed by atoms with Crippen molar-refractivity contribution in [1.82, 2.24) is 25.3 Å². The van der Waals surface area contributed by atoms with Crippen LogP contribution in [0.4, 0.5) is 0 Å². The zero-order chi connectivity index (χ0) is 22.2. The Kier molecular flexibility index (Phi) is 6.43. The maximum atomic E-state index is 4.26. The molecule has 0 radical (unpaired) electrons. The van der Waals surface area contributed by atoms with Gasteiger partial charge < -0.3 is 25.3 Å². The number of likely N-dealkylation sites (tertiary alicyclic amines) is 2. The highest BCUT2D eigenvalue weighted by atomic mass is 15.2. The van der Waals surface area contributed by atoms with Gasteiger partial charge in [-0.1, -0.05) is 32.6 Å². The Morgan fingerprint density at radius 1 is 1.00 bits per heavy atom. The number of fused-ring (bicyclic) bond motifs is 1. The van der Waals surface area contributed by atoms with E-state index in [9.17, 15) is 0 Å². The Labute approximate surface area is 196 Å². The molecule has 32 heavy (non-hydrogen) atoms. The lowest BCUT2D eigenvalue weighted by Crippen LogP contribution is -2.51. The van der Waals surface area contributed by atoms with Crippen LogP contribution in [0.5, 0.6) is 0 Å². The van der Waals surface area contributed by atoms with Crippen molar-refractivity contribution in [3.63, 3.8) is 0 Å². The van der Waals surface area contributed by atoms with Crippen molar-refractivity contribution in [2.24, 2.45) is 22.7 Å². The average Bonchev–Trinajstić information content (AvgIpc) is 3.11. The first-order valence-electron chi connectivity index (χ1n) is 13.2. The first-order chi connectivity index (χ1) is 15.5. The predicted molar refractivity (Wildman–Crippen MR) is 133 cm³/mol. The average molecular weight is 440 g/mol. The summed E-state index contributed by atoms with van der Waals surface area (Å²) in [7, 11) is 0. The molecule has 4 heterocycles. The summed E-state index contributed by atoms with van der Waals surface area (Å²) in [5, 5.41) is 7.03. The number of allylic oxidation sites excluding steroid dienone is 3. The maximum Gasteiger partial charge on any atom is 0.0364 e. The van der Waals surface area contributed by atoms with Crippen LogP contribution in [-0.2, 0) is 0 Å². The van der Waals surface area contributed by atoms with Crippen LogP contribution in [0.3, 0.4) is 0 Å². The number of hydrogen-bond acceptors (Lipinski definition) is 5. The molecule has 2 atom stereocenters. The Morgan fingerprint density at radius 3 is 2.44 bits per heavy atom. The molecule has 0 bridgehead atoms. The van der Waals surface area contributed by atoms with Crippen molar-refractivity contribution in [2.45, 2.75) is 39.5 Å². The van der Waals surface area contributed by atoms with Gasteiger partial charge in [0, 0.05) is 81.6 Å². The number of rotatable bonds is 5. The fourth-order valence-corrected chi connectivity index (χ4v) is 6.96. The fraction of sp³-hybridized carbons (Fsp3) is 0.778. The van der Waals surface area contributed by atoms with E-state index in [1.54, 1.807) is 0 Å². The van der Waals surface area contributed by atoms with Crippen molar-refractivity contribution in [3.8, 4) is 0 Å². The van der Waals surface area contributed by atoms with E-state index in [0.717, 1.165) is 12.5 Å². The molecule has 5 aliphatic rings. The van der Waals surface area contributed by atoms with Crippen molar-refractivity contribution in [3.05, 3.63) is 36.2 Å². The summed E-state index contributed by atoms with van der Waals surface area (Å²) in [5.41, 5.74) is 3.43. The van der Waals surface area contributed by atoms with E-state index < -0.39 is 0 Å². The summed E-state index contributed by atoms with van der Waals surface area (Å²) in [6, 6.07) is 0. The van der Waals surface area contributed by atoms with Crippen molar-refractivity contribution in [2.75, 3.05) is 72.0 Å². The lowest BCUT2D eigenvalue weighted by atomic mass is 9.72. The molecule has 4 saturated heterocycles. The molecular formula is C27H45N5. The Hall–Kier alpha value is -1.30. The largest absolute Gasteiger partial charge is 0.387 e. The molecule has 0 amide bonds. The minimum atomic E-state index is 0.181. The van der Waals surface area contributed by atoms with E-state index in [-0.39, 0.29) is 5.41 Å². The van der Waals surface area contributed by atoms with Crippen LogP contribution in [-0.4, -0.2) is 86.7 Å². The molecule has 5 heteroatoms. The zero-order valence-corrected chi connectivity index (χ0v) is 20.5. The van der Waals surface area contributed by atoms with Gasteiger partial charge in [0.25, 0.3) is 0 Å². The highest BCUT2D eigenvalue weighted by Gasteiger charge is 2.46. The number of nitrogens with one attached hydrogen (secondary N) is 2. The van der Waals surface area contributed by atoms with Gasteiger partial charge in [-0.25, -0.2) is 0 Å². The summed E-state index contributed by atoms with van der Waals surface area (Å²) in [5.74, 6) is 1.31. The number of hydrogen-bond donors (Lipinski definition) is 2. The maximum absolute atomic E-state index is 4.26. The summed E-state index contributed by atoms with van der Waals surface area (Å²) < 4.78 is 0. The second-order valence-electron chi connectivity index (χ2n) is 11.8. The third-order valence-electron chi connectivity index (χ3n) is 9.24. The van der Waals surface area contributed by atoms with Gasteiger partial charge >= 0.3 is 0 Å². The molecule has 178 valence electrons. The highest BCUT2D eigenvalue weighted by molar-refractivity contribution is 5.36. The minimum absolute atomic E-state index is 0.181. The minimum Gasteiger partial charge on any atom is -0.387 e. The molecule has 5 nitrogen and oxygen atoms in total. The number of piperidine rings is 2. The van der Waals surface area contributed by atoms with Crippen molar-refractivity contribution >= 4 is 0 Å². The molecule has 2 N–H and O–H groups in total. The van der Waals surface area contributed by atoms with Gasteiger partial charge in [-0.2, -0.15) is 0 Å². The van der Waals surface area contributed by atoms with E-state index in [0.29, 0.717) is 11.3 Å². The monoisotopic (exact) mass is 439 g/mol. The van der Waals surface area contributed by atoms with Crippen molar-refractivity contribution in [1.29, 1.82) is 0 Å². The van der Waals surface area contributed by atoms with Gasteiger partial charge in [0.15, 0.2) is 0 Å². The topological polar surface area (TPSA) is 33.8 Å². The predicted octanol–water partition coefficient (Wildman–Crippen LogP) is 2.90. The normalized spacial score (nSPS) is 34.3. The quantitative estimate of drug-likeness (QED) is 0.689. The van der Waals surface area contributed by atoms with Gasteiger partial charge in [0.1, 0.15) is 0 Å². The smallest absolute Gasteiger partial charge is 0.0364 e. The second-order valence-corrected chi connectivity index (χ2v) is 11.8. The van der Waals surface area contributed by atoms with E-state index in [1.807, 2.05) is 0 Å². The third-order valence-corrected chi connectivity index (χ3v) is 9.24. The Bertz CT molecular complexity index is 735. The standard InChI is InChI=1S/C27H45N5/c1-22-24-5-4-6-25(27(24,3)20-29-22)32-13-7-23(8-14-32)19-30-15-9-26(2,10-16-30)21-31-17-11-28-12-18-31/h4-6,23-24,28-29H,1,7-21H2,2-3H3. The van der Waals surface area contributed by atoms with Crippen LogP contribution in [0.1, 0.15) is 39.5 Å². The first-order valence-corrected chi connectivity index (χ1v) is 13.2. The van der Waals surface area contributed by atoms with E-state index in [1.165, 1.54) is 103 Å². The Morgan fingerprint density at radius 2 is 1.72 bits per heavy atom. The SMILES string of the molecule is C=C1NCC2(C)C(N3CCC(CN4CCC(C)(CN5CCNCC5)CC4)CC3)=CC=CC12. The second kappa shape index (κ2) is 9.15. The van der Waals surface area contributed by atoms with Gasteiger partial charge in [-0.05, 0) is 56.2 Å². The van der Waals surface area contributed by atoms with Gasteiger partial charge in [0.2, 0.25) is 0 Å². The van der Waals surface area contributed by atoms with Gasteiger partial charge in [0.05, 0.1) is 0 Å². The van der Waals surface area contributed by atoms with Crippen molar-refractivity contribution < 1.29 is 0 Å². The number of nitrogens with zero attached hydrogens (tertiary/aromatic N) is 3. The van der Waals surface area contributed by atoms with Gasteiger partial charge in [-0.3, -0.25) is 0 Å². The molecule has 1 aliphatic carbocycles. The molecule has 0 saturated carbocycles. The summed E-state index contributed by atoms with van der Waals surface area (Å²) >= 11 is 0. The summed E-state index contributed by atoms with van der Waals surface area (Å²) in [4.78, 5) is 8.16. The van der Waals surface area contributed by atoms with Crippen LogP contribution in [0.15, 0.2) is 36.2 Å². The fourth-order valence-electron chi connectivity index (χ4n) is 6.96. The lowest BCUT2D eigenvalue weighted by Gasteiger charge is -2.46. The molecule has 0 aromatic rings. The van der Waals surface area contributed by atoms with Crippen LogP contribution in [0, 0.1) is 22.7 Å². The summed E-state index contributed by atoms with van der Waals surface area (Å²) in [6.07, 6.45) is 12.4. The molecule has 4 aliphatic heterocycles. The van der Waals surface area contributed by atoms with E-state index >= 15 is 0 Å². The Balaban J connectivity index is 1.08. The molecule has 0 aromatic carbocycles. The van der Waals surface area contributed by atoms with Crippen LogP contribution >= 0.6 is 0 Å². The molecule has 5 rings (SSSR count). The van der Waals surface area contributed by atoms with Crippen LogP contribution < -0.4 is 10.6 Å². The zero-order valence-electron chi connectivity index (χ0n) is 20.5. The van der Waals surface area contributed by atoms with Crippen LogP contribution in [0.25, 0.3) is 0 Å². The van der Waals surface area contributed by atoms with Crippen LogP contribution in [0.2, 0.25) is 0 Å². The molecule has 4 fully saturated rings. The van der Waals surface area contributed by atoms with E-state index in [4.69, 9.17) is 0 Å². The summed E-state index contributed by atoms with van der Waals surface area (Å²) in [6.45, 7) is 22.7. The lowest BCUT2D eigenvalue weighted by molar-refractivity contribution is 0.0555. The number of piperazine rings is 1. The van der Waals surface area contributed by atoms with Gasteiger partial charge in [-0.15, -0.1) is 0 Å². The van der Waals surface area contributed by atoms with E-state index in [2.05, 4.69) is 64.0 Å². The third kappa shape index (κ3) is 4.53.